The van der Waals surface area contributed by atoms with Gasteiger partial charge < -0.3 is 14.6 Å². The summed E-state index contributed by atoms with van der Waals surface area (Å²) in [7, 11) is 0. The van der Waals surface area contributed by atoms with Crippen LogP contribution in [0.3, 0.4) is 0 Å². The van der Waals surface area contributed by atoms with Gasteiger partial charge in [-0.3, -0.25) is 4.79 Å². The fourth-order valence-corrected chi connectivity index (χ4v) is 1.78. The highest BCUT2D eigenvalue weighted by atomic mass is 16.6. The van der Waals surface area contributed by atoms with Crippen molar-refractivity contribution in [1.82, 2.24) is 0 Å². The van der Waals surface area contributed by atoms with Crippen LogP contribution in [0.15, 0.2) is 18.2 Å². The Balaban J connectivity index is 2.20. The van der Waals surface area contributed by atoms with Crippen molar-refractivity contribution in [3.8, 4) is 11.5 Å². The average molecular weight is 236 g/mol. The molecule has 0 bridgehead atoms. The number of carboxylic acid groups (broad SMARTS) is 1. The molecule has 0 fully saturated rings. The molecule has 2 rings (SSSR count). The first-order valence-corrected chi connectivity index (χ1v) is 5.61. The van der Waals surface area contributed by atoms with Gasteiger partial charge in [-0.25, -0.2) is 0 Å². The van der Waals surface area contributed by atoms with E-state index in [0.29, 0.717) is 25.4 Å². The molecule has 4 nitrogen and oxygen atoms in total. The third-order valence-electron chi connectivity index (χ3n) is 2.83. The van der Waals surface area contributed by atoms with Crippen LogP contribution in [0.5, 0.6) is 11.5 Å². The first kappa shape index (κ1) is 11.8. The van der Waals surface area contributed by atoms with Crippen LogP contribution in [0.4, 0.5) is 0 Å². The molecule has 0 atom stereocenters. The van der Waals surface area contributed by atoms with Crippen LogP contribution in [0.25, 0.3) is 0 Å². The second kappa shape index (κ2) is 4.28. The molecule has 1 aromatic rings. The second-order valence-corrected chi connectivity index (χ2v) is 4.84. The smallest absolute Gasteiger partial charge is 0.309 e. The van der Waals surface area contributed by atoms with Gasteiger partial charge in [0.1, 0.15) is 13.2 Å². The van der Waals surface area contributed by atoms with Gasteiger partial charge in [0.2, 0.25) is 0 Å². The Labute approximate surface area is 100 Å². The van der Waals surface area contributed by atoms with Crippen molar-refractivity contribution in [2.75, 3.05) is 13.2 Å². The van der Waals surface area contributed by atoms with E-state index < -0.39 is 11.4 Å². The fraction of sp³-hybridized carbons (Fsp3) is 0.462. The van der Waals surface area contributed by atoms with Crippen molar-refractivity contribution >= 4 is 5.97 Å². The zero-order chi connectivity index (χ0) is 12.5. The molecule has 1 heterocycles. The predicted molar refractivity (Wildman–Crippen MR) is 62.6 cm³/mol. The molecule has 1 aliphatic rings. The summed E-state index contributed by atoms with van der Waals surface area (Å²) in [5.41, 5.74) is 0.172. The van der Waals surface area contributed by atoms with Crippen LogP contribution >= 0.6 is 0 Å². The highest BCUT2D eigenvalue weighted by molar-refractivity contribution is 5.74. The van der Waals surface area contributed by atoms with Gasteiger partial charge in [-0.2, -0.15) is 0 Å². The van der Waals surface area contributed by atoms with E-state index in [1.807, 2.05) is 18.2 Å². The summed E-state index contributed by atoms with van der Waals surface area (Å²) >= 11 is 0. The Bertz CT molecular complexity index is 437. The molecule has 0 saturated carbocycles. The number of carbonyl (C=O) groups is 1. The van der Waals surface area contributed by atoms with Crippen molar-refractivity contribution in [3.05, 3.63) is 23.8 Å². The molecular formula is C13H16O4. The number of ether oxygens (including phenoxy) is 2. The first-order valence-electron chi connectivity index (χ1n) is 5.61. The van der Waals surface area contributed by atoms with Crippen molar-refractivity contribution in [2.45, 2.75) is 20.3 Å². The van der Waals surface area contributed by atoms with Crippen LogP contribution in [0, 0.1) is 5.41 Å². The number of hydrogen-bond donors (Lipinski definition) is 1. The lowest BCUT2D eigenvalue weighted by Crippen LogP contribution is -2.26. The summed E-state index contributed by atoms with van der Waals surface area (Å²) in [6.07, 6.45) is 0.471. The lowest BCUT2D eigenvalue weighted by molar-refractivity contribution is -0.146. The molecule has 92 valence electrons. The van der Waals surface area contributed by atoms with Crippen LogP contribution in [-0.2, 0) is 11.2 Å². The third-order valence-corrected chi connectivity index (χ3v) is 2.83. The van der Waals surface area contributed by atoms with Crippen LogP contribution in [-0.4, -0.2) is 24.3 Å². The number of benzene rings is 1. The van der Waals surface area contributed by atoms with E-state index in [1.54, 1.807) is 13.8 Å². The minimum Gasteiger partial charge on any atom is -0.486 e. The van der Waals surface area contributed by atoms with E-state index in [4.69, 9.17) is 14.6 Å². The molecule has 4 heteroatoms. The fourth-order valence-electron chi connectivity index (χ4n) is 1.78. The summed E-state index contributed by atoms with van der Waals surface area (Å²) in [5, 5.41) is 9.09. The van der Waals surface area contributed by atoms with Crippen molar-refractivity contribution in [1.29, 1.82) is 0 Å². The Morgan fingerprint density at radius 2 is 1.94 bits per heavy atom. The highest BCUT2D eigenvalue weighted by Gasteiger charge is 2.27. The summed E-state index contributed by atoms with van der Waals surface area (Å²) in [4.78, 5) is 11.1. The maximum atomic E-state index is 11.1. The van der Waals surface area contributed by atoms with E-state index in [-0.39, 0.29) is 0 Å². The van der Waals surface area contributed by atoms with Crippen molar-refractivity contribution in [3.63, 3.8) is 0 Å². The van der Waals surface area contributed by atoms with Crippen molar-refractivity contribution in [2.24, 2.45) is 5.41 Å². The van der Waals surface area contributed by atoms with Crippen LogP contribution < -0.4 is 9.47 Å². The number of aliphatic carboxylic acids is 1. The largest absolute Gasteiger partial charge is 0.486 e. The second-order valence-electron chi connectivity index (χ2n) is 4.84. The maximum absolute atomic E-state index is 11.1. The van der Waals surface area contributed by atoms with Gasteiger partial charge in [-0.15, -0.1) is 0 Å². The Morgan fingerprint density at radius 1 is 1.29 bits per heavy atom. The van der Waals surface area contributed by atoms with Gasteiger partial charge in [0, 0.05) is 0 Å². The summed E-state index contributed by atoms with van der Waals surface area (Å²) in [5.74, 6) is 0.635. The molecular weight excluding hydrogens is 220 g/mol. The molecule has 0 saturated heterocycles. The summed E-state index contributed by atoms with van der Waals surface area (Å²) < 4.78 is 10.9. The lowest BCUT2D eigenvalue weighted by Gasteiger charge is -2.22. The molecule has 0 radical (unpaired) electrons. The van der Waals surface area contributed by atoms with Gasteiger partial charge in [0.25, 0.3) is 0 Å². The Hall–Kier alpha value is -1.71. The first-order chi connectivity index (χ1) is 7.99. The molecule has 1 aromatic carbocycles. The quantitative estimate of drug-likeness (QED) is 0.873. The zero-order valence-corrected chi connectivity index (χ0v) is 10.0. The number of carboxylic acids is 1. The van der Waals surface area contributed by atoms with E-state index >= 15 is 0 Å². The number of rotatable bonds is 3. The Morgan fingerprint density at radius 3 is 2.59 bits per heavy atom. The molecule has 0 unspecified atom stereocenters. The summed E-state index contributed by atoms with van der Waals surface area (Å²) in [6, 6.07) is 5.58. The summed E-state index contributed by atoms with van der Waals surface area (Å²) in [6.45, 7) is 4.53. The SMILES string of the molecule is CC(C)(Cc1ccc2c(c1)OCCO2)C(=O)O. The molecule has 17 heavy (non-hydrogen) atoms. The monoisotopic (exact) mass is 236 g/mol. The maximum Gasteiger partial charge on any atom is 0.309 e. The van der Waals surface area contributed by atoms with E-state index in [9.17, 15) is 4.79 Å². The minimum absolute atomic E-state index is 0.471. The molecule has 1 N–H and O–H groups in total. The lowest BCUT2D eigenvalue weighted by atomic mass is 9.86. The zero-order valence-electron chi connectivity index (χ0n) is 10.0. The van der Waals surface area contributed by atoms with Gasteiger partial charge >= 0.3 is 5.97 Å². The number of fused-ring (bicyclic) bond motifs is 1. The molecule has 0 spiro atoms. The van der Waals surface area contributed by atoms with Crippen LogP contribution in [0.1, 0.15) is 19.4 Å². The highest BCUT2D eigenvalue weighted by Crippen LogP contribution is 2.33. The molecule has 0 aliphatic carbocycles. The molecule has 0 amide bonds. The predicted octanol–water partition coefficient (Wildman–Crippen LogP) is 2.11. The Kier molecular flexibility index (Phi) is 2.96. The molecule has 1 aliphatic heterocycles. The van der Waals surface area contributed by atoms with Gasteiger partial charge in [-0.05, 0) is 38.0 Å². The van der Waals surface area contributed by atoms with E-state index in [2.05, 4.69) is 0 Å². The van der Waals surface area contributed by atoms with Gasteiger partial charge in [-0.1, -0.05) is 6.07 Å². The van der Waals surface area contributed by atoms with E-state index in [1.165, 1.54) is 0 Å². The van der Waals surface area contributed by atoms with Crippen molar-refractivity contribution < 1.29 is 19.4 Å². The van der Waals surface area contributed by atoms with Crippen LogP contribution in [0.2, 0.25) is 0 Å². The topological polar surface area (TPSA) is 55.8 Å². The standard InChI is InChI=1S/C13H16O4/c1-13(2,12(14)15)8-9-3-4-10-11(7-9)17-6-5-16-10/h3-4,7H,5-6,8H2,1-2H3,(H,14,15). The minimum atomic E-state index is -0.799. The number of hydrogen-bond acceptors (Lipinski definition) is 3. The third kappa shape index (κ3) is 2.52. The van der Waals surface area contributed by atoms with E-state index in [0.717, 1.165) is 11.3 Å². The normalized spacial score (nSPS) is 14.5. The van der Waals surface area contributed by atoms with Gasteiger partial charge in [0.05, 0.1) is 5.41 Å². The molecule has 0 aromatic heterocycles. The average Bonchev–Trinajstić information content (AvgIpc) is 2.28. The van der Waals surface area contributed by atoms with Gasteiger partial charge in [0.15, 0.2) is 11.5 Å².